The van der Waals surface area contributed by atoms with E-state index in [2.05, 4.69) is 31.4 Å². The molecule has 26 heavy (non-hydrogen) atoms. The lowest BCUT2D eigenvalue weighted by Gasteiger charge is -2.07. The SMILES string of the molecule is CS(=O)(=O)c1ccc(-c2cccc(NC(=O)c3ccc(Br)cc3)c2)nn1. The fourth-order valence-electron chi connectivity index (χ4n) is 2.23. The molecule has 0 radical (unpaired) electrons. The monoisotopic (exact) mass is 431 g/mol. The molecule has 3 aromatic rings. The first-order valence-electron chi connectivity index (χ1n) is 7.54. The molecule has 0 atom stereocenters. The van der Waals surface area contributed by atoms with Gasteiger partial charge in [-0.3, -0.25) is 4.79 Å². The van der Waals surface area contributed by atoms with Gasteiger partial charge in [-0.05, 0) is 48.5 Å². The van der Waals surface area contributed by atoms with E-state index in [4.69, 9.17) is 0 Å². The normalized spacial score (nSPS) is 11.2. The first-order chi connectivity index (χ1) is 12.3. The Kier molecular flexibility index (Phi) is 5.15. The second-order valence-corrected chi connectivity index (χ2v) is 8.45. The molecule has 0 fully saturated rings. The number of hydrogen-bond donors (Lipinski definition) is 1. The second kappa shape index (κ2) is 7.35. The molecule has 0 aliphatic carbocycles. The molecule has 1 aromatic heterocycles. The van der Waals surface area contributed by atoms with Crippen molar-refractivity contribution < 1.29 is 13.2 Å². The molecule has 3 rings (SSSR count). The standard InChI is InChI=1S/C18H14BrN3O3S/c1-26(24,25)17-10-9-16(21-22-17)13-3-2-4-15(11-13)20-18(23)12-5-7-14(19)8-6-12/h2-11H,1H3,(H,20,23). The van der Waals surface area contributed by atoms with E-state index in [1.165, 1.54) is 6.07 Å². The number of halogens is 1. The zero-order chi connectivity index (χ0) is 18.7. The molecule has 8 heteroatoms. The summed E-state index contributed by atoms with van der Waals surface area (Å²) in [5.74, 6) is -0.229. The third kappa shape index (κ3) is 4.33. The molecule has 0 unspecified atom stereocenters. The quantitative estimate of drug-likeness (QED) is 0.681. The summed E-state index contributed by atoms with van der Waals surface area (Å²) in [6, 6.07) is 17.1. The van der Waals surface area contributed by atoms with Crippen LogP contribution in [0.25, 0.3) is 11.3 Å². The predicted octanol–water partition coefficient (Wildman–Crippen LogP) is 3.56. The van der Waals surface area contributed by atoms with E-state index < -0.39 is 9.84 Å². The Morgan fingerprint density at radius 1 is 1.00 bits per heavy atom. The average Bonchev–Trinajstić information content (AvgIpc) is 2.62. The third-order valence-electron chi connectivity index (χ3n) is 3.54. The Morgan fingerprint density at radius 2 is 1.73 bits per heavy atom. The molecule has 0 bridgehead atoms. The van der Waals surface area contributed by atoms with Crippen LogP contribution in [0.3, 0.4) is 0 Å². The lowest BCUT2D eigenvalue weighted by molar-refractivity contribution is 0.102. The maximum absolute atomic E-state index is 12.3. The first kappa shape index (κ1) is 18.2. The highest BCUT2D eigenvalue weighted by atomic mass is 79.9. The van der Waals surface area contributed by atoms with Gasteiger partial charge in [0, 0.05) is 27.5 Å². The van der Waals surface area contributed by atoms with Crippen LogP contribution in [0.15, 0.2) is 70.2 Å². The molecule has 1 N–H and O–H groups in total. The summed E-state index contributed by atoms with van der Waals surface area (Å²) in [5.41, 5.74) is 2.36. The van der Waals surface area contributed by atoms with Crippen LogP contribution in [0.5, 0.6) is 0 Å². The highest BCUT2D eigenvalue weighted by Gasteiger charge is 2.11. The molecule has 132 valence electrons. The Labute approximate surface area is 159 Å². The molecule has 0 saturated carbocycles. The van der Waals surface area contributed by atoms with Crippen molar-refractivity contribution in [1.29, 1.82) is 0 Å². The Morgan fingerprint density at radius 3 is 2.35 bits per heavy atom. The van der Waals surface area contributed by atoms with Crippen molar-refractivity contribution in [2.45, 2.75) is 5.03 Å². The van der Waals surface area contributed by atoms with E-state index >= 15 is 0 Å². The minimum absolute atomic E-state index is 0.0825. The summed E-state index contributed by atoms with van der Waals surface area (Å²) in [7, 11) is -3.39. The van der Waals surface area contributed by atoms with Crippen molar-refractivity contribution in [3.63, 3.8) is 0 Å². The fourth-order valence-corrected chi connectivity index (χ4v) is 3.00. The van der Waals surface area contributed by atoms with Gasteiger partial charge in [0.2, 0.25) is 0 Å². The van der Waals surface area contributed by atoms with Crippen LogP contribution in [0.2, 0.25) is 0 Å². The summed E-state index contributed by atoms with van der Waals surface area (Å²) in [5, 5.41) is 10.4. The van der Waals surface area contributed by atoms with Crippen LogP contribution in [0.1, 0.15) is 10.4 Å². The maximum Gasteiger partial charge on any atom is 0.255 e. The van der Waals surface area contributed by atoms with E-state index in [1.54, 1.807) is 54.6 Å². The van der Waals surface area contributed by atoms with Crippen molar-refractivity contribution in [3.8, 4) is 11.3 Å². The van der Waals surface area contributed by atoms with E-state index in [1.807, 2.05) is 0 Å². The smallest absolute Gasteiger partial charge is 0.255 e. The number of hydrogen-bond acceptors (Lipinski definition) is 5. The number of anilines is 1. The van der Waals surface area contributed by atoms with Gasteiger partial charge in [0.15, 0.2) is 14.9 Å². The summed E-state index contributed by atoms with van der Waals surface area (Å²) in [6.07, 6.45) is 1.08. The summed E-state index contributed by atoms with van der Waals surface area (Å²) in [6.45, 7) is 0. The number of aromatic nitrogens is 2. The van der Waals surface area contributed by atoms with Gasteiger partial charge in [0.25, 0.3) is 5.91 Å². The van der Waals surface area contributed by atoms with E-state index in [-0.39, 0.29) is 10.9 Å². The van der Waals surface area contributed by atoms with Gasteiger partial charge in [-0.15, -0.1) is 10.2 Å². The van der Waals surface area contributed by atoms with Crippen molar-refractivity contribution in [2.24, 2.45) is 0 Å². The number of sulfone groups is 1. The average molecular weight is 432 g/mol. The minimum Gasteiger partial charge on any atom is -0.322 e. The van der Waals surface area contributed by atoms with Crippen molar-refractivity contribution in [1.82, 2.24) is 10.2 Å². The molecule has 0 aliphatic heterocycles. The zero-order valence-electron chi connectivity index (χ0n) is 13.7. The predicted molar refractivity (Wildman–Crippen MR) is 103 cm³/mol. The largest absolute Gasteiger partial charge is 0.322 e. The van der Waals surface area contributed by atoms with Crippen LogP contribution in [0.4, 0.5) is 5.69 Å². The van der Waals surface area contributed by atoms with Gasteiger partial charge in [0.1, 0.15) is 0 Å². The molecule has 1 amide bonds. The highest BCUT2D eigenvalue weighted by Crippen LogP contribution is 2.22. The van der Waals surface area contributed by atoms with Gasteiger partial charge in [0.05, 0.1) is 5.69 Å². The number of carbonyl (C=O) groups is 1. The van der Waals surface area contributed by atoms with E-state index in [0.717, 1.165) is 10.7 Å². The summed E-state index contributed by atoms with van der Waals surface area (Å²) < 4.78 is 23.8. The molecule has 0 aliphatic rings. The topological polar surface area (TPSA) is 89.0 Å². The van der Waals surface area contributed by atoms with Gasteiger partial charge in [-0.25, -0.2) is 8.42 Å². The van der Waals surface area contributed by atoms with Crippen LogP contribution in [-0.4, -0.2) is 30.8 Å². The van der Waals surface area contributed by atoms with E-state index in [9.17, 15) is 13.2 Å². The first-order valence-corrected chi connectivity index (χ1v) is 10.2. The van der Waals surface area contributed by atoms with Crippen molar-refractivity contribution >= 4 is 37.4 Å². The Balaban J connectivity index is 1.82. The number of rotatable bonds is 4. The molecule has 0 spiro atoms. The van der Waals surface area contributed by atoms with Gasteiger partial charge in [-0.1, -0.05) is 28.1 Å². The molecule has 6 nitrogen and oxygen atoms in total. The van der Waals surface area contributed by atoms with Gasteiger partial charge in [-0.2, -0.15) is 0 Å². The number of nitrogens with one attached hydrogen (secondary N) is 1. The number of benzene rings is 2. The van der Waals surface area contributed by atoms with E-state index in [0.29, 0.717) is 22.5 Å². The zero-order valence-corrected chi connectivity index (χ0v) is 16.1. The lowest BCUT2D eigenvalue weighted by Crippen LogP contribution is -2.11. The van der Waals surface area contributed by atoms with Crippen LogP contribution < -0.4 is 5.32 Å². The van der Waals surface area contributed by atoms with Gasteiger partial charge < -0.3 is 5.32 Å². The van der Waals surface area contributed by atoms with Crippen molar-refractivity contribution in [2.75, 3.05) is 11.6 Å². The molecule has 1 heterocycles. The Bertz CT molecular complexity index is 1050. The maximum atomic E-state index is 12.3. The molecular formula is C18H14BrN3O3S. The molecular weight excluding hydrogens is 418 g/mol. The summed E-state index contributed by atoms with van der Waals surface area (Å²) >= 11 is 3.33. The molecule has 0 saturated heterocycles. The van der Waals surface area contributed by atoms with Crippen molar-refractivity contribution in [3.05, 3.63) is 70.7 Å². The van der Waals surface area contributed by atoms with Gasteiger partial charge >= 0.3 is 0 Å². The number of nitrogens with zero attached hydrogens (tertiary/aromatic N) is 2. The summed E-state index contributed by atoms with van der Waals surface area (Å²) in [4.78, 5) is 12.3. The van der Waals surface area contributed by atoms with Crippen LogP contribution in [-0.2, 0) is 9.84 Å². The number of amides is 1. The molecule has 2 aromatic carbocycles. The second-order valence-electron chi connectivity index (χ2n) is 5.57. The third-order valence-corrected chi connectivity index (χ3v) is 5.05. The number of carbonyl (C=O) groups excluding carboxylic acids is 1. The Hall–Kier alpha value is -2.58. The van der Waals surface area contributed by atoms with Crippen LogP contribution >= 0.6 is 15.9 Å². The minimum atomic E-state index is -3.39. The van der Waals surface area contributed by atoms with Crippen LogP contribution in [0, 0.1) is 0 Å². The lowest BCUT2D eigenvalue weighted by atomic mass is 10.1. The fraction of sp³-hybridized carbons (Fsp3) is 0.0556. The highest BCUT2D eigenvalue weighted by molar-refractivity contribution is 9.10.